The van der Waals surface area contributed by atoms with Gasteiger partial charge in [-0.05, 0) is 37.5 Å². The van der Waals surface area contributed by atoms with Crippen LogP contribution in [0.5, 0.6) is 0 Å². The topological polar surface area (TPSA) is 29.3 Å². The number of nitrogens with zero attached hydrogens (tertiary/aromatic N) is 1. The van der Waals surface area contributed by atoms with Gasteiger partial charge in [-0.1, -0.05) is 29.3 Å². The molecular formula is C13H18Cl2N2. The molecule has 1 heterocycles. The van der Waals surface area contributed by atoms with Crippen molar-refractivity contribution in [1.29, 1.82) is 0 Å². The van der Waals surface area contributed by atoms with Crippen LogP contribution in [0.25, 0.3) is 0 Å². The Kier molecular flexibility index (Phi) is 4.31. The van der Waals surface area contributed by atoms with E-state index < -0.39 is 0 Å². The van der Waals surface area contributed by atoms with Crippen LogP contribution < -0.4 is 5.73 Å². The lowest BCUT2D eigenvalue weighted by Gasteiger charge is -2.36. The summed E-state index contributed by atoms with van der Waals surface area (Å²) in [6.45, 7) is 4.15. The van der Waals surface area contributed by atoms with Crippen LogP contribution in [0.4, 0.5) is 0 Å². The fourth-order valence-electron chi connectivity index (χ4n) is 2.36. The van der Waals surface area contributed by atoms with Crippen LogP contribution in [-0.4, -0.2) is 23.5 Å². The SMILES string of the molecule is CC1CC(N)CCN1Cc1ccc(Cl)cc1Cl. The van der Waals surface area contributed by atoms with Gasteiger partial charge in [-0.15, -0.1) is 0 Å². The van der Waals surface area contributed by atoms with Gasteiger partial charge in [-0.2, -0.15) is 0 Å². The molecular weight excluding hydrogens is 255 g/mol. The lowest BCUT2D eigenvalue weighted by Crippen LogP contribution is -2.44. The molecule has 0 radical (unpaired) electrons. The van der Waals surface area contributed by atoms with Crippen molar-refractivity contribution in [3.05, 3.63) is 33.8 Å². The minimum absolute atomic E-state index is 0.349. The third-order valence-electron chi connectivity index (χ3n) is 3.44. The van der Waals surface area contributed by atoms with Gasteiger partial charge < -0.3 is 5.73 Å². The monoisotopic (exact) mass is 272 g/mol. The molecule has 2 N–H and O–H groups in total. The summed E-state index contributed by atoms with van der Waals surface area (Å²) >= 11 is 12.1. The fraction of sp³-hybridized carbons (Fsp3) is 0.538. The molecule has 1 aromatic carbocycles. The molecule has 1 aromatic rings. The average molecular weight is 273 g/mol. The Morgan fingerprint density at radius 2 is 2.18 bits per heavy atom. The molecule has 94 valence electrons. The van der Waals surface area contributed by atoms with Crippen LogP contribution in [0.3, 0.4) is 0 Å². The van der Waals surface area contributed by atoms with E-state index in [0.29, 0.717) is 17.1 Å². The minimum Gasteiger partial charge on any atom is -0.328 e. The Bertz CT molecular complexity index is 395. The first-order valence-corrected chi connectivity index (χ1v) is 6.75. The van der Waals surface area contributed by atoms with E-state index in [0.717, 1.165) is 36.5 Å². The van der Waals surface area contributed by atoms with Crippen molar-refractivity contribution in [2.45, 2.75) is 38.4 Å². The normalized spacial score (nSPS) is 26.1. The maximum absolute atomic E-state index is 6.19. The Balaban J connectivity index is 2.05. The van der Waals surface area contributed by atoms with Crippen LogP contribution in [0.1, 0.15) is 25.3 Å². The largest absolute Gasteiger partial charge is 0.328 e. The third-order valence-corrected chi connectivity index (χ3v) is 4.03. The van der Waals surface area contributed by atoms with Gasteiger partial charge >= 0.3 is 0 Å². The van der Waals surface area contributed by atoms with Crippen molar-refractivity contribution in [1.82, 2.24) is 4.90 Å². The summed E-state index contributed by atoms with van der Waals surface area (Å²) in [5.41, 5.74) is 7.10. The van der Waals surface area contributed by atoms with Gasteiger partial charge in [0.25, 0.3) is 0 Å². The second-order valence-corrected chi connectivity index (χ2v) is 5.68. The number of likely N-dealkylation sites (tertiary alicyclic amines) is 1. The van der Waals surface area contributed by atoms with Gasteiger partial charge in [0.1, 0.15) is 0 Å². The van der Waals surface area contributed by atoms with Crippen molar-refractivity contribution in [3.63, 3.8) is 0 Å². The summed E-state index contributed by atoms with van der Waals surface area (Å²) in [4.78, 5) is 2.43. The summed E-state index contributed by atoms with van der Waals surface area (Å²) < 4.78 is 0. The Morgan fingerprint density at radius 3 is 2.82 bits per heavy atom. The van der Waals surface area contributed by atoms with E-state index in [1.165, 1.54) is 0 Å². The lowest BCUT2D eigenvalue weighted by atomic mass is 9.98. The number of benzene rings is 1. The number of rotatable bonds is 2. The molecule has 0 bridgehead atoms. The highest BCUT2D eigenvalue weighted by molar-refractivity contribution is 6.35. The number of halogens is 2. The molecule has 4 heteroatoms. The maximum Gasteiger partial charge on any atom is 0.0465 e. The molecule has 2 unspecified atom stereocenters. The second kappa shape index (κ2) is 5.57. The van der Waals surface area contributed by atoms with Gasteiger partial charge in [0.05, 0.1) is 0 Å². The summed E-state index contributed by atoms with van der Waals surface area (Å²) in [6, 6.07) is 6.57. The van der Waals surface area contributed by atoms with E-state index >= 15 is 0 Å². The highest BCUT2D eigenvalue weighted by Crippen LogP contribution is 2.25. The summed E-state index contributed by atoms with van der Waals surface area (Å²) in [6.07, 6.45) is 2.13. The maximum atomic E-state index is 6.19. The third kappa shape index (κ3) is 3.35. The van der Waals surface area contributed by atoms with Crippen molar-refractivity contribution < 1.29 is 0 Å². The first kappa shape index (κ1) is 13.2. The molecule has 0 spiro atoms. The lowest BCUT2D eigenvalue weighted by molar-refractivity contribution is 0.140. The van der Waals surface area contributed by atoms with Gasteiger partial charge in [0.15, 0.2) is 0 Å². The molecule has 0 amide bonds. The van der Waals surface area contributed by atoms with Crippen LogP contribution in [0, 0.1) is 0 Å². The molecule has 17 heavy (non-hydrogen) atoms. The van der Waals surface area contributed by atoms with E-state index in [4.69, 9.17) is 28.9 Å². The van der Waals surface area contributed by atoms with Gasteiger partial charge in [-0.25, -0.2) is 0 Å². The molecule has 0 saturated carbocycles. The van der Waals surface area contributed by atoms with Crippen molar-refractivity contribution in [2.75, 3.05) is 6.54 Å². The van der Waals surface area contributed by atoms with Crippen molar-refractivity contribution >= 4 is 23.2 Å². The highest BCUT2D eigenvalue weighted by atomic mass is 35.5. The van der Waals surface area contributed by atoms with Gasteiger partial charge in [0, 0.05) is 35.2 Å². The predicted octanol–water partition coefficient (Wildman–Crippen LogP) is 3.31. The number of nitrogens with two attached hydrogens (primary N) is 1. The Hall–Kier alpha value is -0.280. The summed E-state index contributed by atoms with van der Waals surface area (Å²) in [7, 11) is 0. The minimum atomic E-state index is 0.349. The molecule has 1 aliphatic rings. The average Bonchev–Trinajstić information content (AvgIpc) is 2.25. The number of piperidine rings is 1. The quantitative estimate of drug-likeness (QED) is 0.895. The number of hydrogen-bond acceptors (Lipinski definition) is 2. The zero-order chi connectivity index (χ0) is 12.4. The Morgan fingerprint density at radius 1 is 1.41 bits per heavy atom. The van der Waals surface area contributed by atoms with E-state index in [9.17, 15) is 0 Å². The zero-order valence-corrected chi connectivity index (χ0v) is 11.5. The number of hydrogen-bond donors (Lipinski definition) is 1. The molecule has 1 aliphatic heterocycles. The highest BCUT2D eigenvalue weighted by Gasteiger charge is 2.23. The molecule has 0 aliphatic carbocycles. The van der Waals surface area contributed by atoms with Gasteiger partial charge in [-0.3, -0.25) is 4.90 Å². The van der Waals surface area contributed by atoms with Crippen molar-refractivity contribution in [3.8, 4) is 0 Å². The first-order valence-electron chi connectivity index (χ1n) is 6.00. The molecule has 0 aromatic heterocycles. The summed E-state index contributed by atoms with van der Waals surface area (Å²) in [5.74, 6) is 0. The predicted molar refractivity (Wildman–Crippen MR) is 73.5 cm³/mol. The molecule has 2 nitrogen and oxygen atoms in total. The van der Waals surface area contributed by atoms with E-state index in [2.05, 4.69) is 11.8 Å². The standard InChI is InChI=1S/C13H18Cl2N2/c1-9-6-12(16)4-5-17(9)8-10-2-3-11(14)7-13(10)15/h2-3,7,9,12H,4-6,8,16H2,1H3. The van der Waals surface area contributed by atoms with Crippen molar-refractivity contribution in [2.24, 2.45) is 5.73 Å². The van der Waals surface area contributed by atoms with Crippen LogP contribution in [0.15, 0.2) is 18.2 Å². The molecule has 2 rings (SSSR count). The van der Waals surface area contributed by atoms with E-state index in [-0.39, 0.29) is 0 Å². The molecule has 1 saturated heterocycles. The van der Waals surface area contributed by atoms with Gasteiger partial charge in [0.2, 0.25) is 0 Å². The zero-order valence-electron chi connectivity index (χ0n) is 10.00. The van der Waals surface area contributed by atoms with Crippen LogP contribution in [0.2, 0.25) is 10.0 Å². The fourth-order valence-corrected chi connectivity index (χ4v) is 2.83. The van der Waals surface area contributed by atoms with E-state index in [1.807, 2.05) is 12.1 Å². The molecule has 1 fully saturated rings. The molecule has 2 atom stereocenters. The summed E-state index contributed by atoms with van der Waals surface area (Å²) in [5, 5.41) is 1.44. The first-order chi connectivity index (χ1) is 8.06. The Labute approximate surface area is 113 Å². The smallest absolute Gasteiger partial charge is 0.0465 e. The van der Waals surface area contributed by atoms with Crippen LogP contribution in [-0.2, 0) is 6.54 Å². The second-order valence-electron chi connectivity index (χ2n) is 4.84. The van der Waals surface area contributed by atoms with E-state index in [1.54, 1.807) is 6.07 Å². The van der Waals surface area contributed by atoms with Crippen LogP contribution >= 0.6 is 23.2 Å².